The van der Waals surface area contributed by atoms with Gasteiger partial charge in [0, 0.05) is 0 Å². The number of hydrogen-bond donors (Lipinski definition) is 1. The third kappa shape index (κ3) is 4.00. The van der Waals surface area contributed by atoms with E-state index in [2.05, 4.69) is 5.32 Å². The van der Waals surface area contributed by atoms with Crippen molar-refractivity contribution >= 4 is 23.4 Å². The van der Waals surface area contributed by atoms with Crippen LogP contribution >= 0.6 is 0 Å². The van der Waals surface area contributed by atoms with Gasteiger partial charge >= 0.3 is 0 Å². The molecule has 152 valence electrons. The maximum Gasteiger partial charge on any atom is 0.262 e. The van der Waals surface area contributed by atoms with Crippen molar-refractivity contribution < 1.29 is 23.9 Å². The third-order valence-corrected chi connectivity index (χ3v) is 4.82. The predicted octanol–water partition coefficient (Wildman–Crippen LogP) is 3.11. The Bertz CT molecular complexity index is 919. The average Bonchev–Trinajstić information content (AvgIpc) is 2.98. The Hall–Kier alpha value is -3.19. The summed E-state index contributed by atoms with van der Waals surface area (Å²) in [6, 6.07) is 13.8. The SMILES string of the molecule is COc1ccccc1NC(=O)C(C)OCC(C)(C)N1C(=O)c2ccccc2C1=O. The Morgan fingerprint density at radius 1 is 1.03 bits per heavy atom. The van der Waals surface area contributed by atoms with Crippen LogP contribution in [0, 0.1) is 0 Å². The van der Waals surface area contributed by atoms with Crippen LogP contribution in [0.1, 0.15) is 41.5 Å². The van der Waals surface area contributed by atoms with E-state index < -0.39 is 11.6 Å². The number of hydrogen-bond acceptors (Lipinski definition) is 5. The Labute approximate surface area is 169 Å². The first-order valence-electron chi connectivity index (χ1n) is 9.29. The summed E-state index contributed by atoms with van der Waals surface area (Å²) in [4.78, 5) is 39.1. The van der Waals surface area contributed by atoms with E-state index in [1.54, 1.807) is 69.3 Å². The van der Waals surface area contributed by atoms with E-state index >= 15 is 0 Å². The maximum atomic E-state index is 12.7. The lowest BCUT2D eigenvalue weighted by Crippen LogP contribution is -2.51. The van der Waals surface area contributed by atoms with Gasteiger partial charge < -0.3 is 14.8 Å². The largest absolute Gasteiger partial charge is 0.495 e. The topological polar surface area (TPSA) is 84.9 Å². The molecule has 1 heterocycles. The zero-order valence-corrected chi connectivity index (χ0v) is 16.9. The number of nitrogens with zero attached hydrogens (tertiary/aromatic N) is 1. The van der Waals surface area contributed by atoms with Crippen molar-refractivity contribution in [3.05, 3.63) is 59.7 Å². The lowest BCUT2D eigenvalue weighted by atomic mass is 10.0. The maximum absolute atomic E-state index is 12.7. The molecule has 0 fully saturated rings. The van der Waals surface area contributed by atoms with Crippen molar-refractivity contribution in [3.8, 4) is 5.75 Å². The van der Waals surface area contributed by atoms with E-state index in [4.69, 9.17) is 9.47 Å². The van der Waals surface area contributed by atoms with Gasteiger partial charge in [0.15, 0.2) is 0 Å². The fraction of sp³-hybridized carbons (Fsp3) is 0.318. The summed E-state index contributed by atoms with van der Waals surface area (Å²) < 4.78 is 10.9. The molecular formula is C22H24N2O5. The van der Waals surface area contributed by atoms with Gasteiger partial charge in [0.25, 0.3) is 17.7 Å². The molecule has 1 N–H and O–H groups in total. The Morgan fingerprint density at radius 3 is 2.17 bits per heavy atom. The van der Waals surface area contributed by atoms with Crippen molar-refractivity contribution in [2.75, 3.05) is 19.0 Å². The number of carbonyl (C=O) groups excluding carboxylic acids is 3. The van der Waals surface area contributed by atoms with E-state index in [0.717, 1.165) is 0 Å². The molecule has 0 bridgehead atoms. The summed E-state index contributed by atoms with van der Waals surface area (Å²) in [5, 5.41) is 2.76. The van der Waals surface area contributed by atoms with Crippen LogP contribution in [-0.2, 0) is 9.53 Å². The molecule has 0 saturated heterocycles. The molecule has 0 radical (unpaired) electrons. The molecule has 1 unspecified atom stereocenters. The molecule has 2 aromatic carbocycles. The fourth-order valence-corrected chi connectivity index (χ4v) is 3.19. The number of imide groups is 1. The number of methoxy groups -OCH3 is 1. The second-order valence-electron chi connectivity index (χ2n) is 7.45. The first-order valence-corrected chi connectivity index (χ1v) is 9.29. The first kappa shape index (κ1) is 20.5. The first-order chi connectivity index (χ1) is 13.8. The molecule has 1 aliphatic heterocycles. The van der Waals surface area contributed by atoms with Gasteiger partial charge in [-0.15, -0.1) is 0 Å². The van der Waals surface area contributed by atoms with Gasteiger partial charge in [-0.25, -0.2) is 0 Å². The highest BCUT2D eigenvalue weighted by atomic mass is 16.5. The van der Waals surface area contributed by atoms with Gasteiger partial charge in [0.1, 0.15) is 11.9 Å². The van der Waals surface area contributed by atoms with Gasteiger partial charge in [-0.2, -0.15) is 0 Å². The van der Waals surface area contributed by atoms with Crippen molar-refractivity contribution in [1.82, 2.24) is 4.90 Å². The summed E-state index contributed by atoms with van der Waals surface area (Å²) in [5.74, 6) is -0.525. The highest BCUT2D eigenvalue weighted by Crippen LogP contribution is 2.30. The molecule has 7 nitrogen and oxygen atoms in total. The van der Waals surface area contributed by atoms with E-state index in [0.29, 0.717) is 22.6 Å². The quantitative estimate of drug-likeness (QED) is 0.727. The van der Waals surface area contributed by atoms with E-state index in [-0.39, 0.29) is 24.3 Å². The monoisotopic (exact) mass is 396 g/mol. The van der Waals surface area contributed by atoms with Crippen molar-refractivity contribution in [3.63, 3.8) is 0 Å². The molecule has 3 rings (SSSR count). The number of amides is 3. The van der Waals surface area contributed by atoms with Crippen LogP contribution in [0.5, 0.6) is 5.75 Å². The van der Waals surface area contributed by atoms with Crippen LogP contribution in [0.25, 0.3) is 0 Å². The number of rotatable bonds is 7. The van der Waals surface area contributed by atoms with Crippen LogP contribution in [0.4, 0.5) is 5.69 Å². The summed E-state index contributed by atoms with van der Waals surface area (Å²) in [6.07, 6.45) is -0.797. The number of ether oxygens (including phenoxy) is 2. The summed E-state index contributed by atoms with van der Waals surface area (Å²) in [7, 11) is 1.52. The van der Waals surface area contributed by atoms with E-state index in [9.17, 15) is 14.4 Å². The minimum absolute atomic E-state index is 0.0129. The predicted molar refractivity (Wildman–Crippen MR) is 108 cm³/mol. The molecule has 0 aliphatic carbocycles. The number of benzene rings is 2. The number of anilines is 1. The lowest BCUT2D eigenvalue weighted by molar-refractivity contribution is -0.128. The van der Waals surface area contributed by atoms with Gasteiger partial charge in [-0.1, -0.05) is 24.3 Å². The van der Waals surface area contributed by atoms with Crippen LogP contribution in [0.15, 0.2) is 48.5 Å². The molecule has 1 atom stereocenters. The Kier molecular flexibility index (Phi) is 5.70. The minimum Gasteiger partial charge on any atom is -0.495 e. The van der Waals surface area contributed by atoms with Crippen molar-refractivity contribution in [1.29, 1.82) is 0 Å². The molecule has 3 amide bonds. The van der Waals surface area contributed by atoms with Crippen LogP contribution in [-0.4, -0.2) is 48.0 Å². The van der Waals surface area contributed by atoms with Crippen LogP contribution < -0.4 is 10.1 Å². The molecule has 29 heavy (non-hydrogen) atoms. The molecular weight excluding hydrogens is 372 g/mol. The second-order valence-corrected chi connectivity index (χ2v) is 7.45. The normalized spacial score (nSPS) is 14.6. The molecule has 2 aromatic rings. The molecule has 1 aliphatic rings. The van der Waals surface area contributed by atoms with Gasteiger partial charge in [-0.3, -0.25) is 19.3 Å². The van der Waals surface area contributed by atoms with Crippen LogP contribution in [0.3, 0.4) is 0 Å². The number of fused-ring (bicyclic) bond motifs is 1. The second kappa shape index (κ2) is 8.05. The number of para-hydroxylation sites is 2. The molecule has 0 saturated carbocycles. The van der Waals surface area contributed by atoms with Gasteiger partial charge in [0.2, 0.25) is 0 Å². The van der Waals surface area contributed by atoms with Crippen molar-refractivity contribution in [2.45, 2.75) is 32.4 Å². The van der Waals surface area contributed by atoms with Gasteiger partial charge in [-0.05, 0) is 45.0 Å². The smallest absolute Gasteiger partial charge is 0.262 e. The highest BCUT2D eigenvalue weighted by Gasteiger charge is 2.44. The zero-order valence-electron chi connectivity index (χ0n) is 16.9. The third-order valence-electron chi connectivity index (χ3n) is 4.82. The Morgan fingerprint density at radius 2 is 1.59 bits per heavy atom. The van der Waals surface area contributed by atoms with E-state index in [1.807, 2.05) is 0 Å². The molecule has 0 spiro atoms. The lowest BCUT2D eigenvalue weighted by Gasteiger charge is -2.34. The Balaban J connectivity index is 1.65. The van der Waals surface area contributed by atoms with Crippen molar-refractivity contribution in [2.24, 2.45) is 0 Å². The van der Waals surface area contributed by atoms with Crippen LogP contribution in [0.2, 0.25) is 0 Å². The number of nitrogens with one attached hydrogen (secondary N) is 1. The van der Waals surface area contributed by atoms with Gasteiger partial charge in [0.05, 0.1) is 36.1 Å². The molecule has 7 heteroatoms. The van der Waals surface area contributed by atoms with E-state index in [1.165, 1.54) is 12.0 Å². The number of carbonyl (C=O) groups is 3. The minimum atomic E-state index is -0.924. The molecule has 0 aromatic heterocycles. The average molecular weight is 396 g/mol. The standard InChI is InChI=1S/C22H24N2O5/c1-14(19(25)23-17-11-7-8-12-18(17)28-4)29-13-22(2,3)24-20(26)15-9-5-6-10-16(15)21(24)27/h5-12,14H,13H2,1-4H3,(H,23,25). The highest BCUT2D eigenvalue weighted by molar-refractivity contribution is 6.21. The fourth-order valence-electron chi connectivity index (χ4n) is 3.19. The summed E-state index contributed by atoms with van der Waals surface area (Å²) in [5.41, 5.74) is 0.377. The summed E-state index contributed by atoms with van der Waals surface area (Å²) in [6.45, 7) is 5.10. The summed E-state index contributed by atoms with van der Waals surface area (Å²) >= 11 is 0. The zero-order chi connectivity index (χ0) is 21.2.